The first-order chi connectivity index (χ1) is 17.5. The zero-order chi connectivity index (χ0) is 25.7. The van der Waals surface area contributed by atoms with E-state index in [9.17, 15) is 18.0 Å². The molecular weight excluding hydrogens is 479 g/mol. The van der Waals surface area contributed by atoms with E-state index in [0.717, 1.165) is 6.07 Å². The number of hydrogen-bond donors (Lipinski definition) is 1. The van der Waals surface area contributed by atoms with Gasteiger partial charge in [-0.2, -0.15) is 4.39 Å². The lowest BCUT2D eigenvalue weighted by atomic mass is 10.1. The van der Waals surface area contributed by atoms with Crippen molar-refractivity contribution in [3.05, 3.63) is 71.9 Å². The topological polar surface area (TPSA) is 91.8 Å². The minimum Gasteiger partial charge on any atom is -0.496 e. The molecule has 2 aromatic heterocycles. The summed E-state index contributed by atoms with van der Waals surface area (Å²) in [4.78, 5) is 18.2. The van der Waals surface area contributed by atoms with Crippen molar-refractivity contribution in [1.29, 1.82) is 0 Å². The number of aromatic nitrogens is 2. The van der Waals surface area contributed by atoms with E-state index in [2.05, 4.69) is 15.3 Å². The Hall–Kier alpha value is -4.54. The molecule has 0 radical (unpaired) electrons. The van der Waals surface area contributed by atoms with Crippen LogP contribution in [0.2, 0.25) is 0 Å². The van der Waals surface area contributed by atoms with E-state index >= 15 is 0 Å². The van der Waals surface area contributed by atoms with Crippen LogP contribution in [0.4, 0.5) is 18.9 Å². The van der Waals surface area contributed by atoms with Crippen LogP contribution in [0, 0.1) is 17.5 Å². The average Bonchev–Trinajstić information content (AvgIpc) is 2.93. The number of benzene rings is 2. The lowest BCUT2D eigenvalue weighted by Gasteiger charge is -2.21. The standard InChI is InChI=1S/C18H13F3N2O3.C7H7NO2/c1-22-11-8-9(19)17(16(21)15(11)20)26-12-4-5-23-10-2-3-13-18(14(10)12)25-7-6-24-13;1-10-7-2-3-8-4-6(7)5-9/h2-5,8,22H,6-7H2,1H3;2-5H,1H3. The Kier molecular flexibility index (Phi) is 7.38. The Morgan fingerprint density at radius 2 is 1.81 bits per heavy atom. The molecule has 0 spiro atoms. The number of anilines is 1. The number of fused-ring (bicyclic) bond motifs is 3. The number of nitrogens with zero attached hydrogens (tertiary/aromatic N) is 2. The van der Waals surface area contributed by atoms with E-state index in [1.54, 1.807) is 24.4 Å². The van der Waals surface area contributed by atoms with Gasteiger partial charge in [-0.05, 0) is 24.3 Å². The maximum atomic E-state index is 14.3. The fourth-order valence-electron chi connectivity index (χ4n) is 3.44. The molecule has 0 aliphatic carbocycles. The third-order valence-corrected chi connectivity index (χ3v) is 5.13. The third-order valence-electron chi connectivity index (χ3n) is 5.13. The Balaban J connectivity index is 0.000000256. The van der Waals surface area contributed by atoms with Crippen LogP contribution in [-0.2, 0) is 0 Å². The van der Waals surface area contributed by atoms with Crippen LogP contribution in [0.25, 0.3) is 10.9 Å². The normalized spacial score (nSPS) is 11.8. The molecule has 1 aliphatic heterocycles. The number of ether oxygens (including phenoxy) is 4. The molecule has 4 aromatic rings. The molecule has 11 heteroatoms. The van der Waals surface area contributed by atoms with Crippen LogP contribution in [0.5, 0.6) is 28.7 Å². The molecule has 8 nitrogen and oxygen atoms in total. The van der Waals surface area contributed by atoms with Crippen LogP contribution in [0.15, 0.2) is 48.9 Å². The summed E-state index contributed by atoms with van der Waals surface area (Å²) in [6.45, 7) is 0.698. The second-order valence-electron chi connectivity index (χ2n) is 7.24. The smallest absolute Gasteiger partial charge is 0.206 e. The van der Waals surface area contributed by atoms with Crippen molar-refractivity contribution in [2.24, 2.45) is 0 Å². The van der Waals surface area contributed by atoms with Crippen LogP contribution in [0.1, 0.15) is 10.4 Å². The van der Waals surface area contributed by atoms with Gasteiger partial charge in [0.25, 0.3) is 0 Å². The summed E-state index contributed by atoms with van der Waals surface area (Å²) >= 11 is 0. The van der Waals surface area contributed by atoms with Gasteiger partial charge in [0.1, 0.15) is 24.7 Å². The SMILES string of the molecule is CNc1cc(F)c(Oc2ccnc3ccc4c(c23)OCCO4)c(F)c1F.COc1ccncc1C=O. The van der Waals surface area contributed by atoms with E-state index in [1.165, 1.54) is 32.6 Å². The molecule has 2 aromatic carbocycles. The monoisotopic (exact) mass is 499 g/mol. The van der Waals surface area contributed by atoms with Crippen LogP contribution < -0.4 is 24.3 Å². The van der Waals surface area contributed by atoms with Crippen molar-refractivity contribution >= 4 is 22.9 Å². The zero-order valence-corrected chi connectivity index (χ0v) is 19.2. The molecule has 0 atom stereocenters. The lowest BCUT2D eigenvalue weighted by molar-refractivity contribution is 0.112. The van der Waals surface area contributed by atoms with Gasteiger partial charge in [-0.25, -0.2) is 8.78 Å². The number of rotatable bonds is 5. The molecule has 0 fully saturated rings. The van der Waals surface area contributed by atoms with Gasteiger partial charge in [0, 0.05) is 31.7 Å². The van der Waals surface area contributed by atoms with Crippen LogP contribution in [-0.4, -0.2) is 43.6 Å². The highest BCUT2D eigenvalue weighted by atomic mass is 19.2. The number of aldehydes is 1. The zero-order valence-electron chi connectivity index (χ0n) is 19.2. The molecular formula is C25H20F3N3O5. The maximum absolute atomic E-state index is 14.3. The predicted octanol–water partition coefficient (Wildman–Crippen LogP) is 5.16. The largest absolute Gasteiger partial charge is 0.496 e. The van der Waals surface area contributed by atoms with Crippen LogP contribution >= 0.6 is 0 Å². The number of hydrogen-bond acceptors (Lipinski definition) is 8. The molecule has 0 amide bonds. The molecule has 0 saturated carbocycles. The van der Waals surface area contributed by atoms with Gasteiger partial charge >= 0.3 is 0 Å². The van der Waals surface area contributed by atoms with Crippen molar-refractivity contribution in [3.8, 4) is 28.7 Å². The highest BCUT2D eigenvalue weighted by Crippen LogP contribution is 2.43. The average molecular weight is 499 g/mol. The van der Waals surface area contributed by atoms with Crippen molar-refractivity contribution in [2.45, 2.75) is 0 Å². The fraction of sp³-hybridized carbons (Fsp3) is 0.160. The summed E-state index contributed by atoms with van der Waals surface area (Å²) in [7, 11) is 2.88. The summed E-state index contributed by atoms with van der Waals surface area (Å²) in [6, 6.07) is 7.25. The van der Waals surface area contributed by atoms with E-state index in [-0.39, 0.29) is 11.4 Å². The van der Waals surface area contributed by atoms with E-state index in [1.807, 2.05) is 0 Å². The summed E-state index contributed by atoms with van der Waals surface area (Å²) in [5, 5.41) is 2.77. The first-order valence-electron chi connectivity index (χ1n) is 10.6. The highest BCUT2D eigenvalue weighted by Gasteiger charge is 2.24. The molecule has 186 valence electrons. The second kappa shape index (κ2) is 10.8. The Bertz CT molecular complexity index is 1420. The first-order valence-corrected chi connectivity index (χ1v) is 10.6. The minimum atomic E-state index is -1.43. The van der Waals surface area contributed by atoms with Crippen molar-refractivity contribution in [2.75, 3.05) is 32.7 Å². The quantitative estimate of drug-likeness (QED) is 0.298. The van der Waals surface area contributed by atoms with Crippen molar-refractivity contribution in [1.82, 2.24) is 9.97 Å². The summed E-state index contributed by atoms with van der Waals surface area (Å²) < 4.78 is 63.9. The van der Waals surface area contributed by atoms with E-state index < -0.39 is 23.2 Å². The van der Waals surface area contributed by atoms with Gasteiger partial charge in [-0.15, -0.1) is 0 Å². The molecule has 0 bridgehead atoms. The number of nitrogens with one attached hydrogen (secondary N) is 1. The lowest BCUT2D eigenvalue weighted by Crippen LogP contribution is -2.15. The molecule has 5 rings (SSSR count). The molecule has 1 N–H and O–H groups in total. The maximum Gasteiger partial charge on any atom is 0.206 e. The number of methoxy groups -OCH3 is 1. The molecule has 0 saturated heterocycles. The van der Waals surface area contributed by atoms with Crippen LogP contribution in [0.3, 0.4) is 0 Å². The summed E-state index contributed by atoms with van der Waals surface area (Å²) in [5.74, 6) is -3.07. The molecule has 36 heavy (non-hydrogen) atoms. The second-order valence-corrected chi connectivity index (χ2v) is 7.24. The number of carbonyl (C=O) groups excluding carboxylic acids is 1. The molecule has 0 unspecified atom stereocenters. The first kappa shape index (κ1) is 24.6. The summed E-state index contributed by atoms with van der Waals surface area (Å²) in [6.07, 6.45) is 5.17. The Morgan fingerprint density at radius 1 is 1.03 bits per heavy atom. The van der Waals surface area contributed by atoms with Gasteiger partial charge in [0.05, 0.1) is 29.3 Å². The third kappa shape index (κ3) is 4.81. The van der Waals surface area contributed by atoms with Gasteiger partial charge in [0.2, 0.25) is 11.6 Å². The molecule has 1 aliphatic rings. The van der Waals surface area contributed by atoms with Crippen molar-refractivity contribution < 1.29 is 36.9 Å². The van der Waals surface area contributed by atoms with Gasteiger partial charge in [-0.1, -0.05) is 0 Å². The Labute approximate surface area is 203 Å². The van der Waals surface area contributed by atoms with Crippen molar-refractivity contribution in [3.63, 3.8) is 0 Å². The van der Waals surface area contributed by atoms with E-state index in [0.29, 0.717) is 53.2 Å². The minimum absolute atomic E-state index is 0.0757. The molecule has 3 heterocycles. The summed E-state index contributed by atoms with van der Waals surface area (Å²) in [5.41, 5.74) is 0.658. The number of halogens is 3. The number of pyridine rings is 2. The van der Waals surface area contributed by atoms with Gasteiger partial charge < -0.3 is 24.3 Å². The predicted molar refractivity (Wildman–Crippen MR) is 125 cm³/mol. The highest BCUT2D eigenvalue weighted by molar-refractivity contribution is 5.93. The van der Waals surface area contributed by atoms with Gasteiger partial charge in [0.15, 0.2) is 29.4 Å². The van der Waals surface area contributed by atoms with E-state index in [4.69, 9.17) is 18.9 Å². The number of carbonyl (C=O) groups is 1. The fourth-order valence-corrected chi connectivity index (χ4v) is 3.44. The Morgan fingerprint density at radius 3 is 2.53 bits per heavy atom. The van der Waals surface area contributed by atoms with Gasteiger partial charge in [-0.3, -0.25) is 14.8 Å².